The zero-order chi connectivity index (χ0) is 9.97. The zero-order valence-electron chi connectivity index (χ0n) is 8.10. The number of methoxy groups -OCH3 is 1. The Hall–Kier alpha value is -0.420. The molecule has 0 saturated carbocycles. The molecule has 0 spiro atoms. The predicted octanol–water partition coefficient (Wildman–Crippen LogP) is 1.72. The molecule has 0 bridgehead atoms. The van der Waals surface area contributed by atoms with E-state index in [-0.39, 0.29) is 12.2 Å². The lowest BCUT2D eigenvalue weighted by molar-refractivity contribution is 0.0904. The molecule has 0 aromatic carbocycles. The van der Waals surface area contributed by atoms with E-state index >= 15 is 0 Å². The average Bonchev–Trinajstić information content (AvgIpc) is 2.74. The van der Waals surface area contributed by atoms with E-state index < -0.39 is 0 Å². The van der Waals surface area contributed by atoms with Gasteiger partial charge in [-0.3, -0.25) is 0 Å². The molecule has 3 nitrogen and oxygen atoms in total. The second-order valence-corrected chi connectivity index (χ2v) is 4.44. The van der Waals surface area contributed by atoms with Crippen LogP contribution in [0.5, 0.6) is 0 Å². The van der Waals surface area contributed by atoms with Crippen LogP contribution >= 0.6 is 11.3 Å². The standard InChI is InChI=1S/C10H14O3S/c1-12-4-7-2-10(14-6-7)9-3-8(11)5-13-9/h2,6,8-9,11H,3-5H2,1H3. The third kappa shape index (κ3) is 2.15. The fourth-order valence-electron chi connectivity index (χ4n) is 1.61. The minimum Gasteiger partial charge on any atom is -0.391 e. The van der Waals surface area contributed by atoms with Crippen LogP contribution in [0.15, 0.2) is 11.4 Å². The van der Waals surface area contributed by atoms with E-state index in [1.165, 1.54) is 10.4 Å². The molecule has 78 valence electrons. The van der Waals surface area contributed by atoms with Crippen LogP contribution in [-0.2, 0) is 16.1 Å². The molecule has 14 heavy (non-hydrogen) atoms. The van der Waals surface area contributed by atoms with Crippen LogP contribution in [0.3, 0.4) is 0 Å². The normalized spacial score (nSPS) is 27.0. The molecule has 2 heterocycles. The summed E-state index contributed by atoms with van der Waals surface area (Å²) in [5.41, 5.74) is 1.18. The van der Waals surface area contributed by atoms with Gasteiger partial charge in [0.1, 0.15) is 0 Å². The summed E-state index contributed by atoms with van der Waals surface area (Å²) in [7, 11) is 1.69. The molecule has 1 aromatic rings. The molecule has 1 aliphatic rings. The second-order valence-electron chi connectivity index (χ2n) is 3.50. The molecular formula is C10H14O3S. The lowest BCUT2D eigenvalue weighted by atomic mass is 10.2. The quantitative estimate of drug-likeness (QED) is 0.832. The third-order valence-corrected chi connectivity index (χ3v) is 3.35. The van der Waals surface area contributed by atoms with Crippen molar-refractivity contribution in [3.63, 3.8) is 0 Å². The molecule has 1 aromatic heterocycles. The first-order chi connectivity index (χ1) is 6.79. The van der Waals surface area contributed by atoms with E-state index in [2.05, 4.69) is 11.4 Å². The highest BCUT2D eigenvalue weighted by Crippen LogP contribution is 2.33. The van der Waals surface area contributed by atoms with E-state index in [0.717, 1.165) is 0 Å². The number of aliphatic hydroxyl groups excluding tert-OH is 1. The molecule has 0 radical (unpaired) electrons. The average molecular weight is 214 g/mol. The Kier molecular flexibility index (Phi) is 3.18. The first kappa shape index (κ1) is 10.1. The van der Waals surface area contributed by atoms with Gasteiger partial charge in [0.15, 0.2) is 0 Å². The Bertz CT molecular complexity index is 297. The summed E-state index contributed by atoms with van der Waals surface area (Å²) < 4.78 is 10.5. The highest BCUT2D eigenvalue weighted by molar-refractivity contribution is 7.10. The van der Waals surface area contributed by atoms with Gasteiger partial charge in [-0.1, -0.05) is 0 Å². The molecule has 1 saturated heterocycles. The van der Waals surface area contributed by atoms with Crippen LogP contribution < -0.4 is 0 Å². The molecular weight excluding hydrogens is 200 g/mol. The number of ether oxygens (including phenoxy) is 2. The SMILES string of the molecule is COCc1csc(C2CC(O)CO2)c1. The highest BCUT2D eigenvalue weighted by Gasteiger charge is 2.25. The van der Waals surface area contributed by atoms with Gasteiger partial charge in [0, 0.05) is 18.4 Å². The molecule has 1 N–H and O–H groups in total. The Morgan fingerprint density at radius 1 is 1.71 bits per heavy atom. The number of rotatable bonds is 3. The number of thiophene rings is 1. The van der Waals surface area contributed by atoms with Crippen molar-refractivity contribution in [3.05, 3.63) is 21.9 Å². The first-order valence-corrected chi connectivity index (χ1v) is 5.53. The van der Waals surface area contributed by atoms with Crippen molar-refractivity contribution in [3.8, 4) is 0 Å². The first-order valence-electron chi connectivity index (χ1n) is 4.65. The van der Waals surface area contributed by atoms with Crippen LogP contribution in [-0.4, -0.2) is 24.9 Å². The van der Waals surface area contributed by atoms with Crippen LogP contribution in [0.1, 0.15) is 23.0 Å². The number of hydrogen-bond acceptors (Lipinski definition) is 4. The van der Waals surface area contributed by atoms with Gasteiger partial charge in [0.25, 0.3) is 0 Å². The maximum Gasteiger partial charge on any atom is 0.0943 e. The van der Waals surface area contributed by atoms with E-state index in [1.54, 1.807) is 18.4 Å². The van der Waals surface area contributed by atoms with Gasteiger partial charge >= 0.3 is 0 Å². The number of hydrogen-bond donors (Lipinski definition) is 1. The van der Waals surface area contributed by atoms with Gasteiger partial charge in [-0.15, -0.1) is 11.3 Å². The van der Waals surface area contributed by atoms with Gasteiger partial charge in [-0.2, -0.15) is 0 Å². The lowest BCUT2D eigenvalue weighted by Crippen LogP contribution is -2.02. The molecule has 4 heteroatoms. The minimum atomic E-state index is -0.298. The van der Waals surface area contributed by atoms with Crippen molar-refractivity contribution >= 4 is 11.3 Å². The summed E-state index contributed by atoms with van der Waals surface area (Å²) in [5, 5.41) is 11.4. The van der Waals surface area contributed by atoms with Crippen molar-refractivity contribution in [2.24, 2.45) is 0 Å². The number of aliphatic hydroxyl groups is 1. The molecule has 0 aliphatic carbocycles. The zero-order valence-corrected chi connectivity index (χ0v) is 8.92. The Balaban J connectivity index is 2.02. The summed E-state index contributed by atoms with van der Waals surface area (Å²) in [6.45, 7) is 1.11. The summed E-state index contributed by atoms with van der Waals surface area (Å²) in [6, 6.07) is 2.09. The van der Waals surface area contributed by atoms with Crippen LogP contribution in [0.25, 0.3) is 0 Å². The molecule has 2 atom stereocenters. The molecule has 1 aliphatic heterocycles. The van der Waals surface area contributed by atoms with E-state index in [1.807, 2.05) is 0 Å². The van der Waals surface area contributed by atoms with E-state index in [4.69, 9.17) is 9.47 Å². The molecule has 0 amide bonds. The topological polar surface area (TPSA) is 38.7 Å². The maximum atomic E-state index is 9.33. The smallest absolute Gasteiger partial charge is 0.0943 e. The molecule has 2 unspecified atom stereocenters. The van der Waals surface area contributed by atoms with Gasteiger partial charge in [0.05, 0.1) is 25.4 Å². The van der Waals surface area contributed by atoms with Crippen molar-refractivity contribution in [1.82, 2.24) is 0 Å². The monoisotopic (exact) mass is 214 g/mol. The summed E-state index contributed by atoms with van der Waals surface area (Å²) in [4.78, 5) is 1.19. The summed E-state index contributed by atoms with van der Waals surface area (Å²) >= 11 is 1.67. The van der Waals surface area contributed by atoms with Crippen molar-refractivity contribution < 1.29 is 14.6 Å². The van der Waals surface area contributed by atoms with E-state index in [0.29, 0.717) is 19.6 Å². The third-order valence-electron chi connectivity index (χ3n) is 2.28. The molecule has 1 fully saturated rings. The van der Waals surface area contributed by atoms with Crippen molar-refractivity contribution in [1.29, 1.82) is 0 Å². The van der Waals surface area contributed by atoms with Crippen molar-refractivity contribution in [2.75, 3.05) is 13.7 Å². The van der Waals surface area contributed by atoms with Gasteiger partial charge in [0.2, 0.25) is 0 Å². The fourth-order valence-corrected chi connectivity index (χ4v) is 2.57. The Labute approximate surface area is 87.3 Å². The molecule has 2 rings (SSSR count). The fraction of sp³-hybridized carbons (Fsp3) is 0.600. The van der Waals surface area contributed by atoms with Crippen LogP contribution in [0.4, 0.5) is 0 Å². The largest absolute Gasteiger partial charge is 0.391 e. The summed E-state index contributed by atoms with van der Waals surface area (Å²) in [6.07, 6.45) is 0.501. The summed E-state index contributed by atoms with van der Waals surface area (Å²) in [5.74, 6) is 0. The Morgan fingerprint density at radius 2 is 2.57 bits per heavy atom. The minimum absolute atomic E-state index is 0.0839. The van der Waals surface area contributed by atoms with Crippen LogP contribution in [0.2, 0.25) is 0 Å². The Morgan fingerprint density at radius 3 is 3.21 bits per heavy atom. The van der Waals surface area contributed by atoms with Gasteiger partial charge in [-0.05, 0) is 17.0 Å². The predicted molar refractivity (Wildman–Crippen MR) is 54.3 cm³/mol. The highest BCUT2D eigenvalue weighted by atomic mass is 32.1. The maximum absolute atomic E-state index is 9.33. The van der Waals surface area contributed by atoms with Gasteiger partial charge in [-0.25, -0.2) is 0 Å². The van der Waals surface area contributed by atoms with Crippen molar-refractivity contribution in [2.45, 2.75) is 25.2 Å². The lowest BCUT2D eigenvalue weighted by Gasteiger charge is -2.04. The van der Waals surface area contributed by atoms with Gasteiger partial charge < -0.3 is 14.6 Å². The second kappa shape index (κ2) is 4.40. The van der Waals surface area contributed by atoms with Crippen LogP contribution in [0, 0.1) is 0 Å². The van der Waals surface area contributed by atoms with E-state index in [9.17, 15) is 5.11 Å².